The van der Waals surface area contributed by atoms with E-state index in [1.807, 2.05) is 30.3 Å². The summed E-state index contributed by atoms with van der Waals surface area (Å²) in [6, 6.07) is 9.95. The van der Waals surface area contributed by atoms with Gasteiger partial charge in [-0.3, -0.25) is 4.79 Å². The lowest BCUT2D eigenvalue weighted by atomic mass is 9.91. The Bertz CT molecular complexity index is 313. The predicted octanol–water partition coefficient (Wildman–Crippen LogP) is 2.22. The predicted molar refractivity (Wildman–Crippen MR) is 58.7 cm³/mol. The molecule has 0 atom stereocenters. The number of carbonyl (C=O) groups is 1. The average molecular weight is 204 g/mol. The Morgan fingerprint density at radius 2 is 1.87 bits per heavy atom. The Labute approximate surface area is 90.3 Å². The number of hydrogen-bond donors (Lipinski definition) is 0. The first-order valence-electron chi connectivity index (χ1n) is 5.50. The number of rotatable bonds is 3. The summed E-state index contributed by atoms with van der Waals surface area (Å²) in [6.45, 7) is 1.48. The normalized spacial score (nSPS) is 17.6. The van der Waals surface area contributed by atoms with Crippen molar-refractivity contribution < 1.29 is 9.53 Å². The summed E-state index contributed by atoms with van der Waals surface area (Å²) in [6.07, 6.45) is 2.36. The van der Waals surface area contributed by atoms with Crippen LogP contribution in [0.25, 0.3) is 0 Å². The molecule has 0 bridgehead atoms. The molecule has 0 aromatic heterocycles. The second-order valence-electron chi connectivity index (χ2n) is 4.02. The molecule has 1 aromatic rings. The minimum Gasteiger partial charge on any atom is -0.381 e. The molecule has 1 aliphatic heterocycles. The van der Waals surface area contributed by atoms with Crippen LogP contribution in [-0.2, 0) is 16.0 Å². The zero-order chi connectivity index (χ0) is 10.5. The third-order valence-corrected chi connectivity index (χ3v) is 2.90. The zero-order valence-electron chi connectivity index (χ0n) is 8.82. The van der Waals surface area contributed by atoms with E-state index in [-0.39, 0.29) is 5.92 Å². The van der Waals surface area contributed by atoms with Crippen molar-refractivity contribution in [1.29, 1.82) is 0 Å². The molecule has 80 valence electrons. The molecule has 0 spiro atoms. The van der Waals surface area contributed by atoms with E-state index in [9.17, 15) is 4.79 Å². The number of hydrogen-bond acceptors (Lipinski definition) is 2. The first-order chi connectivity index (χ1) is 7.36. The lowest BCUT2D eigenvalue weighted by Crippen LogP contribution is -2.24. The minimum atomic E-state index is 0.221. The second-order valence-corrected chi connectivity index (χ2v) is 4.02. The van der Waals surface area contributed by atoms with Gasteiger partial charge in [-0.25, -0.2) is 0 Å². The fourth-order valence-electron chi connectivity index (χ4n) is 1.96. The summed E-state index contributed by atoms with van der Waals surface area (Å²) in [7, 11) is 0. The summed E-state index contributed by atoms with van der Waals surface area (Å²) >= 11 is 0. The highest BCUT2D eigenvalue weighted by Crippen LogP contribution is 2.17. The number of benzene rings is 1. The van der Waals surface area contributed by atoms with Crippen molar-refractivity contribution in [2.75, 3.05) is 13.2 Å². The highest BCUT2D eigenvalue weighted by atomic mass is 16.5. The highest BCUT2D eigenvalue weighted by Gasteiger charge is 2.21. The molecule has 0 N–H and O–H groups in total. The standard InChI is InChI=1S/C13H16O2/c14-13(12-6-8-15-9-7-12)10-11-4-2-1-3-5-11/h1-5,12H,6-10H2. The molecule has 1 aliphatic rings. The zero-order valence-corrected chi connectivity index (χ0v) is 8.82. The molecule has 1 saturated heterocycles. The smallest absolute Gasteiger partial charge is 0.140 e. The van der Waals surface area contributed by atoms with Crippen molar-refractivity contribution in [3.63, 3.8) is 0 Å². The number of ether oxygens (including phenoxy) is 1. The van der Waals surface area contributed by atoms with Crippen LogP contribution in [0.15, 0.2) is 30.3 Å². The number of carbonyl (C=O) groups excluding carboxylic acids is 1. The van der Waals surface area contributed by atoms with Gasteiger partial charge in [-0.15, -0.1) is 0 Å². The molecule has 2 rings (SSSR count). The first kappa shape index (κ1) is 10.4. The molecule has 1 fully saturated rings. The van der Waals surface area contributed by atoms with E-state index in [2.05, 4.69) is 0 Å². The van der Waals surface area contributed by atoms with E-state index in [1.165, 1.54) is 0 Å². The van der Waals surface area contributed by atoms with Crippen molar-refractivity contribution in [1.82, 2.24) is 0 Å². The Morgan fingerprint density at radius 1 is 1.20 bits per heavy atom. The third-order valence-electron chi connectivity index (χ3n) is 2.90. The Hall–Kier alpha value is -1.15. The maximum atomic E-state index is 11.9. The molecule has 2 heteroatoms. The van der Waals surface area contributed by atoms with Crippen LogP contribution in [0.3, 0.4) is 0 Å². The average Bonchev–Trinajstić information content (AvgIpc) is 2.31. The van der Waals surface area contributed by atoms with Gasteiger partial charge in [0.2, 0.25) is 0 Å². The van der Waals surface area contributed by atoms with Gasteiger partial charge in [0.1, 0.15) is 5.78 Å². The van der Waals surface area contributed by atoms with Gasteiger partial charge in [0.05, 0.1) is 0 Å². The van der Waals surface area contributed by atoms with Crippen LogP contribution < -0.4 is 0 Å². The molecule has 1 aromatic carbocycles. The topological polar surface area (TPSA) is 26.3 Å². The lowest BCUT2D eigenvalue weighted by Gasteiger charge is -2.20. The van der Waals surface area contributed by atoms with Crippen LogP contribution in [-0.4, -0.2) is 19.0 Å². The fourth-order valence-corrected chi connectivity index (χ4v) is 1.96. The van der Waals surface area contributed by atoms with Gasteiger partial charge >= 0.3 is 0 Å². The van der Waals surface area contributed by atoms with Crippen LogP contribution >= 0.6 is 0 Å². The summed E-state index contributed by atoms with van der Waals surface area (Å²) in [5, 5.41) is 0. The van der Waals surface area contributed by atoms with Gasteiger partial charge in [0.25, 0.3) is 0 Å². The van der Waals surface area contributed by atoms with Gasteiger partial charge in [-0.2, -0.15) is 0 Å². The van der Waals surface area contributed by atoms with Crippen molar-refractivity contribution in [3.8, 4) is 0 Å². The van der Waals surface area contributed by atoms with E-state index in [0.29, 0.717) is 12.2 Å². The minimum absolute atomic E-state index is 0.221. The van der Waals surface area contributed by atoms with Crippen LogP contribution in [0.4, 0.5) is 0 Å². The molecule has 2 nitrogen and oxygen atoms in total. The number of ketones is 1. The Morgan fingerprint density at radius 3 is 2.53 bits per heavy atom. The molecule has 0 aliphatic carbocycles. The molecular weight excluding hydrogens is 188 g/mol. The SMILES string of the molecule is O=C(Cc1ccccc1)C1CCOCC1. The van der Waals surface area contributed by atoms with Crippen molar-refractivity contribution >= 4 is 5.78 Å². The fraction of sp³-hybridized carbons (Fsp3) is 0.462. The highest BCUT2D eigenvalue weighted by molar-refractivity contribution is 5.83. The van der Waals surface area contributed by atoms with Gasteiger partial charge < -0.3 is 4.74 Å². The Kier molecular flexibility index (Phi) is 3.51. The van der Waals surface area contributed by atoms with Gasteiger partial charge in [0.15, 0.2) is 0 Å². The Balaban J connectivity index is 1.91. The molecule has 1 heterocycles. The maximum absolute atomic E-state index is 11.9. The van der Waals surface area contributed by atoms with E-state index < -0.39 is 0 Å². The van der Waals surface area contributed by atoms with Gasteiger partial charge in [-0.05, 0) is 18.4 Å². The maximum Gasteiger partial charge on any atom is 0.140 e. The number of Topliss-reactive ketones (excluding diaryl/α,β-unsaturated/α-hetero) is 1. The molecule has 0 radical (unpaired) electrons. The van der Waals surface area contributed by atoms with E-state index in [0.717, 1.165) is 31.6 Å². The van der Waals surface area contributed by atoms with Crippen LogP contribution in [0, 0.1) is 5.92 Å². The summed E-state index contributed by atoms with van der Waals surface area (Å²) in [4.78, 5) is 11.9. The van der Waals surface area contributed by atoms with Crippen LogP contribution in [0.1, 0.15) is 18.4 Å². The molecule has 0 amide bonds. The van der Waals surface area contributed by atoms with Gasteiger partial charge in [0, 0.05) is 25.6 Å². The summed E-state index contributed by atoms with van der Waals surface area (Å²) in [5.74, 6) is 0.587. The van der Waals surface area contributed by atoms with Crippen LogP contribution in [0.5, 0.6) is 0 Å². The second kappa shape index (κ2) is 5.08. The molecular formula is C13H16O2. The van der Waals surface area contributed by atoms with E-state index >= 15 is 0 Å². The van der Waals surface area contributed by atoms with E-state index in [4.69, 9.17) is 4.74 Å². The summed E-state index contributed by atoms with van der Waals surface area (Å²) in [5.41, 5.74) is 1.12. The van der Waals surface area contributed by atoms with Crippen molar-refractivity contribution in [3.05, 3.63) is 35.9 Å². The van der Waals surface area contributed by atoms with Crippen molar-refractivity contribution in [2.45, 2.75) is 19.3 Å². The monoisotopic (exact) mass is 204 g/mol. The molecule has 15 heavy (non-hydrogen) atoms. The third kappa shape index (κ3) is 2.90. The lowest BCUT2D eigenvalue weighted by molar-refractivity contribution is -0.125. The van der Waals surface area contributed by atoms with Gasteiger partial charge in [-0.1, -0.05) is 30.3 Å². The summed E-state index contributed by atoms with van der Waals surface area (Å²) < 4.78 is 5.25. The van der Waals surface area contributed by atoms with Crippen molar-refractivity contribution in [2.24, 2.45) is 5.92 Å². The van der Waals surface area contributed by atoms with E-state index in [1.54, 1.807) is 0 Å². The quantitative estimate of drug-likeness (QED) is 0.754. The molecule has 0 saturated carbocycles. The van der Waals surface area contributed by atoms with Crippen LogP contribution in [0.2, 0.25) is 0 Å². The first-order valence-corrected chi connectivity index (χ1v) is 5.50. The molecule has 0 unspecified atom stereocenters. The largest absolute Gasteiger partial charge is 0.381 e.